The Labute approximate surface area is 148 Å². The van der Waals surface area contributed by atoms with Gasteiger partial charge in [0.15, 0.2) is 0 Å². The van der Waals surface area contributed by atoms with E-state index in [0.717, 1.165) is 36.4 Å². The lowest BCUT2D eigenvalue weighted by atomic mass is 9.90. The number of fused-ring (bicyclic) bond motifs is 1. The smallest absolute Gasteiger partial charge is 0.223 e. The Hall–Kier alpha value is -1.30. The zero-order valence-electron chi connectivity index (χ0n) is 13.2. The number of hydrogen-bond acceptors (Lipinski definition) is 3. The standard InChI is InChI=1S/C16H22N4O.2ClH/c1-16(10-17)8-9-20(11-16)15(21)7-6-14-18-12-4-2-3-5-13(12)19-14;;/h2-5H,6-11,17H2,1H3,(H,18,19);2*1H. The van der Waals surface area contributed by atoms with Gasteiger partial charge in [-0.05, 0) is 30.5 Å². The van der Waals surface area contributed by atoms with Crippen molar-refractivity contribution in [2.75, 3.05) is 19.6 Å². The van der Waals surface area contributed by atoms with E-state index in [0.29, 0.717) is 19.4 Å². The van der Waals surface area contributed by atoms with Gasteiger partial charge in [0.2, 0.25) is 5.91 Å². The number of carbonyl (C=O) groups excluding carboxylic acids is 1. The van der Waals surface area contributed by atoms with Crippen LogP contribution in [-0.4, -0.2) is 40.4 Å². The van der Waals surface area contributed by atoms with Gasteiger partial charge in [0.25, 0.3) is 0 Å². The molecular formula is C16H24Cl2N4O. The lowest BCUT2D eigenvalue weighted by Crippen LogP contribution is -2.34. The SMILES string of the molecule is CC1(CN)CCN(C(=O)CCc2nc3ccccc3[nH]2)C1.Cl.Cl. The van der Waals surface area contributed by atoms with Gasteiger partial charge >= 0.3 is 0 Å². The number of nitrogens with two attached hydrogens (primary N) is 1. The van der Waals surface area contributed by atoms with Crippen LogP contribution >= 0.6 is 24.8 Å². The molecular weight excluding hydrogens is 335 g/mol. The van der Waals surface area contributed by atoms with Gasteiger partial charge in [-0.2, -0.15) is 0 Å². The van der Waals surface area contributed by atoms with Gasteiger partial charge in [0.05, 0.1) is 11.0 Å². The molecule has 7 heteroatoms. The van der Waals surface area contributed by atoms with Crippen molar-refractivity contribution in [2.45, 2.75) is 26.2 Å². The number of H-pyrrole nitrogens is 1. The first-order valence-electron chi connectivity index (χ1n) is 7.51. The zero-order valence-corrected chi connectivity index (χ0v) is 14.9. The first kappa shape index (κ1) is 19.7. The van der Waals surface area contributed by atoms with Crippen LogP contribution in [0.5, 0.6) is 0 Å². The molecule has 1 aromatic carbocycles. The average Bonchev–Trinajstić information content (AvgIpc) is 3.08. The maximum Gasteiger partial charge on any atom is 0.223 e. The lowest BCUT2D eigenvalue weighted by molar-refractivity contribution is -0.130. The first-order valence-corrected chi connectivity index (χ1v) is 7.51. The molecule has 0 spiro atoms. The number of aryl methyl sites for hydroxylation is 1. The van der Waals surface area contributed by atoms with E-state index in [9.17, 15) is 4.79 Å². The van der Waals surface area contributed by atoms with E-state index in [2.05, 4.69) is 16.9 Å². The maximum absolute atomic E-state index is 12.3. The second kappa shape index (κ2) is 7.99. The van der Waals surface area contributed by atoms with E-state index >= 15 is 0 Å². The van der Waals surface area contributed by atoms with E-state index in [1.165, 1.54) is 0 Å². The van der Waals surface area contributed by atoms with E-state index in [4.69, 9.17) is 5.73 Å². The summed E-state index contributed by atoms with van der Waals surface area (Å²) in [6, 6.07) is 7.93. The Bertz CT molecular complexity index is 627. The molecule has 1 aliphatic rings. The second-order valence-electron chi connectivity index (χ2n) is 6.28. The molecule has 1 aliphatic heterocycles. The summed E-state index contributed by atoms with van der Waals surface area (Å²) in [5.41, 5.74) is 7.86. The topological polar surface area (TPSA) is 75.0 Å². The molecule has 23 heavy (non-hydrogen) atoms. The number of rotatable bonds is 4. The van der Waals surface area contributed by atoms with E-state index in [1.54, 1.807) is 0 Å². The molecule has 0 aliphatic carbocycles. The molecule has 0 bridgehead atoms. The van der Waals surface area contributed by atoms with Crippen molar-refractivity contribution in [2.24, 2.45) is 11.1 Å². The third-order valence-electron chi connectivity index (χ3n) is 4.42. The fraction of sp³-hybridized carbons (Fsp3) is 0.500. The number of amides is 1. The van der Waals surface area contributed by atoms with Crippen LogP contribution in [0.25, 0.3) is 11.0 Å². The fourth-order valence-corrected chi connectivity index (χ4v) is 2.91. The summed E-state index contributed by atoms with van der Waals surface area (Å²) in [4.78, 5) is 22.0. The highest BCUT2D eigenvalue weighted by Gasteiger charge is 2.34. The number of aromatic amines is 1. The van der Waals surface area contributed by atoms with Crippen molar-refractivity contribution in [1.29, 1.82) is 0 Å². The molecule has 2 heterocycles. The first-order chi connectivity index (χ1) is 10.1. The molecule has 1 amide bonds. The Morgan fingerprint density at radius 3 is 2.78 bits per heavy atom. The number of imidazole rings is 1. The van der Waals surface area contributed by atoms with Crippen LogP contribution in [0.1, 0.15) is 25.6 Å². The highest BCUT2D eigenvalue weighted by molar-refractivity contribution is 5.85. The van der Waals surface area contributed by atoms with Crippen molar-refractivity contribution >= 4 is 41.8 Å². The van der Waals surface area contributed by atoms with Gasteiger partial charge in [-0.3, -0.25) is 4.79 Å². The largest absolute Gasteiger partial charge is 0.342 e. The highest BCUT2D eigenvalue weighted by Crippen LogP contribution is 2.28. The van der Waals surface area contributed by atoms with Crippen molar-refractivity contribution in [3.63, 3.8) is 0 Å². The van der Waals surface area contributed by atoms with Crippen LogP contribution < -0.4 is 5.73 Å². The number of likely N-dealkylation sites (tertiary alicyclic amines) is 1. The predicted octanol–water partition coefficient (Wildman–Crippen LogP) is 2.54. The van der Waals surface area contributed by atoms with E-state index in [-0.39, 0.29) is 36.1 Å². The Balaban J connectivity index is 0.00000132. The monoisotopic (exact) mass is 358 g/mol. The van der Waals surface area contributed by atoms with Gasteiger partial charge < -0.3 is 15.6 Å². The number of hydrogen-bond donors (Lipinski definition) is 2. The summed E-state index contributed by atoms with van der Waals surface area (Å²) in [6.07, 6.45) is 2.16. The van der Waals surface area contributed by atoms with Crippen molar-refractivity contribution in [3.8, 4) is 0 Å². The Morgan fingerprint density at radius 2 is 2.13 bits per heavy atom. The van der Waals surface area contributed by atoms with Crippen LogP contribution in [0.2, 0.25) is 0 Å². The van der Waals surface area contributed by atoms with Crippen molar-refractivity contribution in [3.05, 3.63) is 30.1 Å². The summed E-state index contributed by atoms with van der Waals surface area (Å²) in [6.45, 7) is 4.40. The molecule has 0 radical (unpaired) electrons. The van der Waals surface area contributed by atoms with Crippen molar-refractivity contribution in [1.82, 2.24) is 14.9 Å². The number of halogens is 2. The summed E-state index contributed by atoms with van der Waals surface area (Å²) in [5.74, 6) is 1.08. The third kappa shape index (κ3) is 4.37. The molecule has 3 rings (SSSR count). The lowest BCUT2D eigenvalue weighted by Gasteiger charge is -2.22. The molecule has 1 unspecified atom stereocenters. The molecule has 5 nitrogen and oxygen atoms in total. The fourth-order valence-electron chi connectivity index (χ4n) is 2.91. The zero-order chi connectivity index (χ0) is 14.9. The van der Waals surface area contributed by atoms with Crippen LogP contribution in [-0.2, 0) is 11.2 Å². The normalized spacial score (nSPS) is 20.2. The molecule has 3 N–H and O–H groups in total. The summed E-state index contributed by atoms with van der Waals surface area (Å²) >= 11 is 0. The molecule has 128 valence electrons. The molecule has 1 atom stereocenters. The van der Waals surface area contributed by atoms with E-state index in [1.807, 2.05) is 29.2 Å². The number of aromatic nitrogens is 2. The average molecular weight is 359 g/mol. The van der Waals surface area contributed by atoms with Gasteiger partial charge in [0.1, 0.15) is 5.82 Å². The molecule has 1 fully saturated rings. The van der Waals surface area contributed by atoms with Crippen LogP contribution in [0.15, 0.2) is 24.3 Å². The number of benzene rings is 1. The Kier molecular flexibility index (Phi) is 6.86. The Morgan fingerprint density at radius 1 is 1.39 bits per heavy atom. The second-order valence-corrected chi connectivity index (χ2v) is 6.28. The van der Waals surface area contributed by atoms with Gasteiger partial charge in [-0.1, -0.05) is 19.1 Å². The summed E-state index contributed by atoms with van der Waals surface area (Å²) in [7, 11) is 0. The minimum atomic E-state index is 0. The van der Waals surface area contributed by atoms with Gasteiger partial charge in [-0.15, -0.1) is 24.8 Å². The third-order valence-corrected chi connectivity index (χ3v) is 4.42. The van der Waals surface area contributed by atoms with E-state index < -0.39 is 0 Å². The summed E-state index contributed by atoms with van der Waals surface area (Å²) in [5, 5.41) is 0. The van der Waals surface area contributed by atoms with Crippen LogP contribution in [0.4, 0.5) is 0 Å². The van der Waals surface area contributed by atoms with Crippen molar-refractivity contribution < 1.29 is 4.79 Å². The van der Waals surface area contributed by atoms with Crippen LogP contribution in [0.3, 0.4) is 0 Å². The molecule has 0 saturated carbocycles. The molecule has 2 aromatic rings. The van der Waals surface area contributed by atoms with Gasteiger partial charge in [-0.25, -0.2) is 4.98 Å². The minimum absolute atomic E-state index is 0. The number of carbonyl (C=O) groups is 1. The number of nitrogens with zero attached hydrogens (tertiary/aromatic N) is 2. The summed E-state index contributed by atoms with van der Waals surface area (Å²) < 4.78 is 0. The quantitative estimate of drug-likeness (QED) is 0.881. The molecule has 1 aromatic heterocycles. The number of nitrogens with one attached hydrogen (secondary N) is 1. The minimum Gasteiger partial charge on any atom is -0.342 e. The molecule has 1 saturated heterocycles. The maximum atomic E-state index is 12.3. The van der Waals surface area contributed by atoms with Gasteiger partial charge in [0, 0.05) is 25.9 Å². The number of para-hydroxylation sites is 2. The van der Waals surface area contributed by atoms with Crippen LogP contribution in [0, 0.1) is 5.41 Å². The predicted molar refractivity (Wildman–Crippen MR) is 97.3 cm³/mol. The highest BCUT2D eigenvalue weighted by atomic mass is 35.5.